The van der Waals surface area contributed by atoms with E-state index < -0.39 is 24.0 Å². The molecule has 5 rings (SSSR count). The normalized spacial score (nSPS) is 23.3. The Hall–Kier alpha value is -3.93. The van der Waals surface area contributed by atoms with Gasteiger partial charge in [0.1, 0.15) is 17.8 Å². The lowest BCUT2D eigenvalue weighted by Crippen LogP contribution is -2.44. The summed E-state index contributed by atoms with van der Waals surface area (Å²) in [5.41, 5.74) is 3.09. The number of carbonyl (C=O) groups excluding carboxylic acids is 1. The highest BCUT2D eigenvalue weighted by Crippen LogP contribution is 2.46. The maximum absolute atomic E-state index is 13.9. The summed E-state index contributed by atoms with van der Waals surface area (Å²) in [5.74, 6) is -0.0811. The van der Waals surface area contributed by atoms with Gasteiger partial charge in [-0.05, 0) is 41.5 Å². The first-order chi connectivity index (χ1) is 15.6. The molecule has 1 fully saturated rings. The number of carbonyl (C=O) groups is 1. The van der Waals surface area contributed by atoms with Crippen molar-refractivity contribution in [2.24, 2.45) is 0 Å². The number of rotatable bonds is 5. The third-order valence-electron chi connectivity index (χ3n) is 6.44. The van der Waals surface area contributed by atoms with Crippen molar-refractivity contribution in [2.75, 3.05) is 12.0 Å². The molecular formula is C26H22N2O4. The molecule has 0 aliphatic carbocycles. The minimum Gasteiger partial charge on any atom is -0.497 e. The minimum absolute atomic E-state index is 0.138. The summed E-state index contributed by atoms with van der Waals surface area (Å²) in [6, 6.07) is 21.9. The van der Waals surface area contributed by atoms with E-state index in [-0.39, 0.29) is 10.7 Å². The van der Waals surface area contributed by atoms with Gasteiger partial charge >= 0.3 is 0 Å². The highest BCUT2D eigenvalue weighted by Gasteiger charge is 2.58. The molecule has 2 aliphatic heterocycles. The van der Waals surface area contributed by atoms with Crippen LogP contribution < -0.4 is 9.64 Å². The molecule has 0 unspecified atom stereocenters. The van der Waals surface area contributed by atoms with E-state index in [2.05, 4.69) is 0 Å². The smallest absolute Gasteiger partial charge is 0.245 e. The Morgan fingerprint density at radius 1 is 0.969 bits per heavy atom. The largest absolute Gasteiger partial charge is 0.497 e. The Bertz CT molecular complexity index is 1190. The van der Waals surface area contributed by atoms with E-state index in [0.717, 1.165) is 16.8 Å². The average molecular weight is 426 g/mol. The van der Waals surface area contributed by atoms with Crippen LogP contribution in [0.2, 0.25) is 0 Å². The molecule has 160 valence electrons. The quantitative estimate of drug-likeness (QED) is 0.339. The van der Waals surface area contributed by atoms with Gasteiger partial charge in [0.05, 0.1) is 13.0 Å². The van der Waals surface area contributed by atoms with Crippen molar-refractivity contribution in [3.8, 4) is 5.75 Å². The molecule has 0 N–H and O–H groups in total. The van der Waals surface area contributed by atoms with Crippen molar-refractivity contribution in [3.63, 3.8) is 0 Å². The van der Waals surface area contributed by atoms with Crippen LogP contribution >= 0.6 is 0 Å². The molecule has 3 aromatic carbocycles. The molecule has 6 heteroatoms. The molecule has 0 saturated carbocycles. The third-order valence-corrected chi connectivity index (χ3v) is 6.44. The number of ether oxygens (including phenoxy) is 1. The topological polar surface area (TPSA) is 72.7 Å². The fraction of sp³-hybridized carbons (Fsp3) is 0.192. The van der Waals surface area contributed by atoms with E-state index in [1.165, 1.54) is 0 Å². The highest BCUT2D eigenvalue weighted by atomic mass is 16.6. The molecule has 6 nitrogen and oxygen atoms in total. The maximum Gasteiger partial charge on any atom is 0.245 e. The molecule has 2 heterocycles. The second kappa shape index (κ2) is 7.96. The van der Waals surface area contributed by atoms with Crippen LogP contribution in [0.5, 0.6) is 5.75 Å². The van der Waals surface area contributed by atoms with E-state index in [0.29, 0.717) is 11.3 Å². The minimum atomic E-state index is -0.950. The van der Waals surface area contributed by atoms with Crippen LogP contribution in [0, 0.1) is 10.1 Å². The summed E-state index contributed by atoms with van der Waals surface area (Å²) < 4.78 is 5.23. The number of para-hydroxylation sites is 1. The summed E-state index contributed by atoms with van der Waals surface area (Å²) in [6.07, 6.45) is 3.79. The number of methoxy groups -OCH3 is 1. The Labute approximate surface area is 185 Å². The molecule has 2 aliphatic rings. The van der Waals surface area contributed by atoms with Gasteiger partial charge in [-0.3, -0.25) is 14.9 Å². The van der Waals surface area contributed by atoms with Gasteiger partial charge in [0.2, 0.25) is 6.04 Å². The summed E-state index contributed by atoms with van der Waals surface area (Å²) in [6.45, 7) is 0. The zero-order chi connectivity index (χ0) is 22.2. The maximum atomic E-state index is 13.9. The summed E-state index contributed by atoms with van der Waals surface area (Å²) >= 11 is 0. The lowest BCUT2D eigenvalue weighted by atomic mass is 9.84. The highest BCUT2D eigenvalue weighted by molar-refractivity contribution is 6.04. The van der Waals surface area contributed by atoms with Gasteiger partial charge in [-0.2, -0.15) is 0 Å². The molecule has 1 saturated heterocycles. The van der Waals surface area contributed by atoms with Gasteiger partial charge in [0.15, 0.2) is 5.78 Å². The van der Waals surface area contributed by atoms with Crippen LogP contribution in [-0.2, 0) is 0 Å². The number of hydrogen-bond donors (Lipinski definition) is 0. The van der Waals surface area contributed by atoms with Crippen LogP contribution in [0.4, 0.5) is 5.69 Å². The molecule has 0 amide bonds. The van der Waals surface area contributed by atoms with Crippen molar-refractivity contribution in [3.05, 3.63) is 112 Å². The number of nitro groups is 1. The number of nitrogens with zero attached hydrogens (tertiary/aromatic N) is 2. The molecule has 0 radical (unpaired) electrons. The van der Waals surface area contributed by atoms with Gasteiger partial charge < -0.3 is 9.64 Å². The summed E-state index contributed by atoms with van der Waals surface area (Å²) in [5, 5.41) is 12.4. The fourth-order valence-corrected chi connectivity index (χ4v) is 5.03. The van der Waals surface area contributed by atoms with Crippen molar-refractivity contribution < 1.29 is 14.5 Å². The second-order valence-corrected chi connectivity index (χ2v) is 8.07. The predicted molar refractivity (Wildman–Crippen MR) is 123 cm³/mol. The summed E-state index contributed by atoms with van der Waals surface area (Å²) in [7, 11) is 1.57. The third kappa shape index (κ3) is 3.15. The van der Waals surface area contributed by atoms with Crippen molar-refractivity contribution >= 4 is 17.5 Å². The lowest BCUT2D eigenvalue weighted by molar-refractivity contribution is -0.524. The number of Topliss-reactive ketones (excluding diaryl/α,β-unsaturated/α-hetero) is 1. The zero-order valence-corrected chi connectivity index (χ0v) is 17.5. The average Bonchev–Trinajstić information content (AvgIpc) is 3.20. The van der Waals surface area contributed by atoms with Crippen molar-refractivity contribution in [2.45, 2.75) is 24.0 Å². The zero-order valence-electron chi connectivity index (χ0n) is 17.5. The van der Waals surface area contributed by atoms with E-state index in [1.54, 1.807) is 31.4 Å². The van der Waals surface area contributed by atoms with E-state index in [4.69, 9.17) is 4.74 Å². The van der Waals surface area contributed by atoms with Gasteiger partial charge in [0, 0.05) is 16.2 Å². The Balaban J connectivity index is 1.69. The van der Waals surface area contributed by atoms with Gasteiger partial charge in [-0.15, -0.1) is 0 Å². The first-order valence-electron chi connectivity index (χ1n) is 10.5. The van der Waals surface area contributed by atoms with Crippen molar-refractivity contribution in [1.29, 1.82) is 0 Å². The van der Waals surface area contributed by atoms with Crippen molar-refractivity contribution in [1.82, 2.24) is 0 Å². The lowest BCUT2D eigenvalue weighted by Gasteiger charge is -2.34. The summed E-state index contributed by atoms with van der Waals surface area (Å²) in [4.78, 5) is 28.0. The van der Waals surface area contributed by atoms with Gasteiger partial charge in [-0.25, -0.2) is 0 Å². The van der Waals surface area contributed by atoms with Crippen LogP contribution in [0.15, 0.2) is 84.9 Å². The molecular weight excluding hydrogens is 404 g/mol. The number of hydrogen-bond acceptors (Lipinski definition) is 5. The number of anilines is 1. The van der Waals surface area contributed by atoms with E-state index in [1.807, 2.05) is 71.6 Å². The number of benzene rings is 3. The van der Waals surface area contributed by atoms with E-state index in [9.17, 15) is 14.9 Å². The predicted octanol–water partition coefficient (Wildman–Crippen LogP) is 4.59. The molecule has 32 heavy (non-hydrogen) atoms. The molecule has 0 bridgehead atoms. The van der Waals surface area contributed by atoms with Crippen LogP contribution in [-0.4, -0.2) is 35.9 Å². The Kier molecular flexibility index (Phi) is 4.98. The Morgan fingerprint density at radius 3 is 2.34 bits per heavy atom. The molecule has 0 spiro atoms. The van der Waals surface area contributed by atoms with E-state index >= 15 is 0 Å². The molecule has 3 aromatic rings. The fourth-order valence-electron chi connectivity index (χ4n) is 5.03. The molecule has 0 aromatic heterocycles. The van der Waals surface area contributed by atoms with Crippen LogP contribution in [0.25, 0.3) is 6.08 Å². The monoisotopic (exact) mass is 426 g/mol. The molecule has 4 atom stereocenters. The van der Waals surface area contributed by atoms with Gasteiger partial charge in [-0.1, -0.05) is 60.7 Å². The standard InChI is InChI=1S/C26H22N2O4/c1-32-20-14-11-19(12-15-20)26(29)25-23(18-8-3-2-4-9-18)24(28(30)31)22-16-13-17-7-5-6-10-21(17)27(22)25/h2-16,22-25H,1H3/t22-,23+,24-,25-/m1/s1. The van der Waals surface area contributed by atoms with Crippen LogP contribution in [0.3, 0.4) is 0 Å². The Morgan fingerprint density at radius 2 is 1.66 bits per heavy atom. The first kappa shape index (κ1) is 20.0. The SMILES string of the molecule is COc1ccc(C(=O)[C@H]2[C@@H](c3ccccc3)[C@H]([N+](=O)[O-])[C@H]3C=Cc4ccccc4N32)cc1. The van der Waals surface area contributed by atoms with Gasteiger partial charge in [0.25, 0.3) is 0 Å². The second-order valence-electron chi connectivity index (χ2n) is 8.07. The number of ketones is 1. The van der Waals surface area contributed by atoms with Crippen LogP contribution in [0.1, 0.15) is 27.4 Å². The first-order valence-corrected chi connectivity index (χ1v) is 10.5. The number of fused-ring (bicyclic) bond motifs is 3.